The molecule has 2 aliphatic rings. The van der Waals surface area contributed by atoms with Gasteiger partial charge in [0.2, 0.25) is 0 Å². The summed E-state index contributed by atoms with van der Waals surface area (Å²) in [5.41, 5.74) is 0. The summed E-state index contributed by atoms with van der Waals surface area (Å²) >= 11 is 0. The van der Waals surface area contributed by atoms with Crippen LogP contribution < -0.4 is 0 Å². The van der Waals surface area contributed by atoms with Gasteiger partial charge in [0.15, 0.2) is 9.84 Å². The number of piperidine rings is 1. The van der Waals surface area contributed by atoms with Crippen LogP contribution in [-0.2, 0) is 20.0 Å². The molecule has 0 bridgehead atoms. The molecule has 0 aromatic carbocycles. The third-order valence-electron chi connectivity index (χ3n) is 4.15. The lowest BCUT2D eigenvalue weighted by atomic mass is 10.0. The van der Waals surface area contributed by atoms with E-state index in [4.69, 9.17) is 0 Å². The number of rotatable bonds is 4. The summed E-state index contributed by atoms with van der Waals surface area (Å²) in [5.74, 6) is -0.0733. The van der Waals surface area contributed by atoms with Crippen LogP contribution in [-0.4, -0.2) is 74.8 Å². The molecule has 2 saturated heterocycles. The molecule has 0 spiro atoms. The van der Waals surface area contributed by atoms with E-state index in [9.17, 15) is 21.9 Å². The minimum atomic E-state index is -3.65. The van der Waals surface area contributed by atoms with Crippen molar-refractivity contribution in [1.82, 2.24) is 8.61 Å². The molecule has 118 valence electrons. The molecule has 2 heterocycles. The van der Waals surface area contributed by atoms with E-state index in [1.165, 1.54) is 15.7 Å². The summed E-state index contributed by atoms with van der Waals surface area (Å²) in [4.78, 5) is 0. The van der Waals surface area contributed by atoms with Gasteiger partial charge in [-0.1, -0.05) is 0 Å². The fourth-order valence-corrected chi connectivity index (χ4v) is 6.37. The van der Waals surface area contributed by atoms with Crippen molar-refractivity contribution in [2.45, 2.75) is 25.3 Å². The maximum Gasteiger partial charge on any atom is 0.282 e. The van der Waals surface area contributed by atoms with E-state index < -0.39 is 26.1 Å². The SMILES string of the molecule is CN(C1CCS(=O)(=O)C1)S(=O)(=O)N1CCCC(CO)C1. The second-order valence-electron chi connectivity index (χ2n) is 5.63. The lowest BCUT2D eigenvalue weighted by Crippen LogP contribution is -2.50. The quantitative estimate of drug-likeness (QED) is 0.719. The molecule has 0 aromatic heterocycles. The molecule has 9 heteroatoms. The van der Waals surface area contributed by atoms with Gasteiger partial charge >= 0.3 is 0 Å². The third-order valence-corrected chi connectivity index (χ3v) is 7.91. The van der Waals surface area contributed by atoms with E-state index in [2.05, 4.69) is 0 Å². The Labute approximate surface area is 120 Å². The van der Waals surface area contributed by atoms with Gasteiger partial charge in [-0.15, -0.1) is 0 Å². The van der Waals surface area contributed by atoms with Gasteiger partial charge in [-0.3, -0.25) is 0 Å². The van der Waals surface area contributed by atoms with E-state index in [1.807, 2.05) is 0 Å². The molecule has 0 aromatic rings. The third kappa shape index (κ3) is 3.33. The molecule has 0 saturated carbocycles. The Morgan fingerprint density at radius 1 is 1.35 bits per heavy atom. The van der Waals surface area contributed by atoms with Crippen LogP contribution >= 0.6 is 0 Å². The van der Waals surface area contributed by atoms with Crippen molar-refractivity contribution in [1.29, 1.82) is 0 Å². The molecule has 2 fully saturated rings. The molecule has 20 heavy (non-hydrogen) atoms. The van der Waals surface area contributed by atoms with Crippen molar-refractivity contribution in [3.63, 3.8) is 0 Å². The Morgan fingerprint density at radius 3 is 2.60 bits per heavy atom. The maximum atomic E-state index is 12.5. The first-order valence-corrected chi connectivity index (χ1v) is 10.0. The van der Waals surface area contributed by atoms with Crippen LogP contribution in [0.5, 0.6) is 0 Å². The number of hydrogen-bond acceptors (Lipinski definition) is 5. The average molecular weight is 326 g/mol. The van der Waals surface area contributed by atoms with Crippen LogP contribution in [0, 0.1) is 5.92 Å². The molecule has 2 unspecified atom stereocenters. The minimum Gasteiger partial charge on any atom is -0.396 e. The molecule has 2 aliphatic heterocycles. The van der Waals surface area contributed by atoms with Crippen LogP contribution in [0.4, 0.5) is 0 Å². The second kappa shape index (κ2) is 5.88. The maximum absolute atomic E-state index is 12.5. The zero-order valence-electron chi connectivity index (χ0n) is 11.6. The number of aliphatic hydroxyl groups excluding tert-OH is 1. The summed E-state index contributed by atoms with van der Waals surface area (Å²) in [5, 5.41) is 9.18. The molecule has 1 N–H and O–H groups in total. The Balaban J connectivity index is 2.09. The van der Waals surface area contributed by atoms with Gasteiger partial charge in [0.25, 0.3) is 10.2 Å². The van der Waals surface area contributed by atoms with E-state index in [1.54, 1.807) is 0 Å². The van der Waals surface area contributed by atoms with Crippen molar-refractivity contribution in [2.75, 3.05) is 38.2 Å². The van der Waals surface area contributed by atoms with Gasteiger partial charge in [0, 0.05) is 32.8 Å². The molecular formula is C11H22N2O5S2. The van der Waals surface area contributed by atoms with E-state index in [0.717, 1.165) is 12.8 Å². The zero-order chi connectivity index (χ0) is 15.0. The number of sulfone groups is 1. The lowest BCUT2D eigenvalue weighted by molar-refractivity contribution is 0.160. The van der Waals surface area contributed by atoms with E-state index in [-0.39, 0.29) is 24.0 Å². The van der Waals surface area contributed by atoms with Gasteiger partial charge in [-0.2, -0.15) is 17.0 Å². The van der Waals surface area contributed by atoms with Gasteiger partial charge in [-0.05, 0) is 25.2 Å². The average Bonchev–Trinajstić information content (AvgIpc) is 2.78. The highest BCUT2D eigenvalue weighted by atomic mass is 32.2. The topological polar surface area (TPSA) is 95.0 Å². The van der Waals surface area contributed by atoms with Crippen molar-refractivity contribution in [3.8, 4) is 0 Å². The summed E-state index contributed by atoms with van der Waals surface area (Å²) in [6, 6.07) is -0.473. The molecule has 0 amide bonds. The molecule has 2 atom stereocenters. The van der Waals surface area contributed by atoms with Crippen molar-refractivity contribution in [2.24, 2.45) is 5.92 Å². The first-order chi connectivity index (χ1) is 9.26. The standard InChI is InChI=1S/C11H22N2O5S2/c1-12(11-4-6-19(15,16)9-11)20(17,18)13-5-2-3-10(7-13)8-14/h10-11,14H,2-9H2,1H3. The zero-order valence-corrected chi connectivity index (χ0v) is 13.2. The predicted octanol–water partition coefficient (Wildman–Crippen LogP) is -0.946. The molecule has 2 rings (SSSR count). The van der Waals surface area contributed by atoms with E-state index >= 15 is 0 Å². The van der Waals surface area contributed by atoms with Crippen LogP contribution in [0.2, 0.25) is 0 Å². The highest BCUT2D eigenvalue weighted by molar-refractivity contribution is 7.91. The smallest absolute Gasteiger partial charge is 0.282 e. The number of hydrogen-bond donors (Lipinski definition) is 1. The Bertz CT molecular complexity index is 545. The van der Waals surface area contributed by atoms with Crippen LogP contribution in [0.3, 0.4) is 0 Å². The highest BCUT2D eigenvalue weighted by Gasteiger charge is 2.39. The summed E-state index contributed by atoms with van der Waals surface area (Å²) < 4.78 is 50.6. The van der Waals surface area contributed by atoms with Gasteiger partial charge in [0.1, 0.15) is 0 Å². The predicted molar refractivity (Wildman–Crippen MR) is 75.1 cm³/mol. The largest absolute Gasteiger partial charge is 0.396 e. The highest BCUT2D eigenvalue weighted by Crippen LogP contribution is 2.24. The summed E-state index contributed by atoms with van der Waals surface area (Å²) in [7, 11) is -5.31. The van der Waals surface area contributed by atoms with Gasteiger partial charge in [-0.25, -0.2) is 8.42 Å². The van der Waals surface area contributed by atoms with Gasteiger partial charge < -0.3 is 5.11 Å². The molecule has 0 radical (unpaired) electrons. The fourth-order valence-electron chi connectivity index (χ4n) is 2.82. The Kier molecular flexibility index (Phi) is 4.75. The summed E-state index contributed by atoms with van der Waals surface area (Å²) in [6.45, 7) is 0.721. The fraction of sp³-hybridized carbons (Fsp3) is 1.00. The molecule has 0 aliphatic carbocycles. The van der Waals surface area contributed by atoms with Crippen LogP contribution in [0.1, 0.15) is 19.3 Å². The number of nitrogens with zero attached hydrogens (tertiary/aromatic N) is 2. The first-order valence-electron chi connectivity index (χ1n) is 6.80. The van der Waals surface area contributed by atoms with E-state index in [0.29, 0.717) is 19.5 Å². The molecule has 7 nitrogen and oxygen atoms in total. The normalized spacial score (nSPS) is 31.8. The van der Waals surface area contributed by atoms with Crippen LogP contribution in [0.15, 0.2) is 0 Å². The lowest BCUT2D eigenvalue weighted by Gasteiger charge is -2.35. The Hall–Kier alpha value is -0.220. The summed E-state index contributed by atoms with van der Waals surface area (Å²) in [6.07, 6.45) is 1.90. The van der Waals surface area contributed by atoms with Crippen molar-refractivity contribution >= 4 is 20.0 Å². The van der Waals surface area contributed by atoms with Crippen LogP contribution in [0.25, 0.3) is 0 Å². The Morgan fingerprint density at radius 2 is 2.05 bits per heavy atom. The first kappa shape index (κ1) is 16.2. The van der Waals surface area contributed by atoms with Crippen molar-refractivity contribution in [3.05, 3.63) is 0 Å². The minimum absolute atomic E-state index is 0.0203. The second-order valence-corrected chi connectivity index (χ2v) is 9.85. The number of aliphatic hydroxyl groups is 1. The van der Waals surface area contributed by atoms with Crippen molar-refractivity contribution < 1.29 is 21.9 Å². The van der Waals surface area contributed by atoms with Gasteiger partial charge in [0.05, 0.1) is 11.5 Å². The molecular weight excluding hydrogens is 304 g/mol. The monoisotopic (exact) mass is 326 g/mol.